The molecule has 2 aromatic carbocycles. The number of nitrogens with one attached hydrogen (secondary N) is 2. The van der Waals surface area contributed by atoms with Gasteiger partial charge in [0, 0.05) is 29.6 Å². The number of benzene rings is 2. The standard InChI is InChI=1S/C27H28N4O3/c1-34-20-6-3-5-19(15-20)27(33)10-12-31(13-11-27)26(32)17-8-9-23-22(14-17)21-7-2-4-18-16-28-30-24(18)25(21)29-23/h3,5-6,8-9,14-16,29,33H,2,4,7,10-13H2,1H3,(H,28,30). The van der Waals surface area contributed by atoms with Crippen molar-refractivity contribution in [2.24, 2.45) is 0 Å². The van der Waals surface area contributed by atoms with Crippen molar-refractivity contribution in [3.05, 3.63) is 70.9 Å². The Labute approximate surface area is 197 Å². The highest BCUT2D eigenvalue weighted by atomic mass is 16.5. The van der Waals surface area contributed by atoms with Gasteiger partial charge in [0.05, 0.1) is 30.3 Å². The number of hydrogen-bond donors (Lipinski definition) is 3. The molecule has 0 bridgehead atoms. The minimum Gasteiger partial charge on any atom is -0.497 e. The van der Waals surface area contributed by atoms with Crippen molar-refractivity contribution < 1.29 is 14.6 Å². The first-order valence-corrected chi connectivity index (χ1v) is 11.9. The number of methoxy groups -OCH3 is 1. The SMILES string of the molecule is COc1cccc(C2(O)CCN(C(=O)c3ccc4[nH]c5c(c4c3)CCCc3cn[nH]c3-5)CC2)c1. The highest BCUT2D eigenvalue weighted by molar-refractivity contribution is 6.00. The summed E-state index contributed by atoms with van der Waals surface area (Å²) in [7, 11) is 1.62. The van der Waals surface area contributed by atoms with Crippen LogP contribution >= 0.6 is 0 Å². The Balaban J connectivity index is 1.25. The molecule has 7 nitrogen and oxygen atoms in total. The zero-order valence-corrected chi connectivity index (χ0v) is 19.2. The van der Waals surface area contributed by atoms with Crippen molar-refractivity contribution in [2.45, 2.75) is 37.7 Å². The number of likely N-dealkylation sites (tertiary alicyclic amines) is 1. The predicted molar refractivity (Wildman–Crippen MR) is 130 cm³/mol. The Hall–Kier alpha value is -3.58. The number of aromatic amines is 2. The first-order chi connectivity index (χ1) is 16.6. The summed E-state index contributed by atoms with van der Waals surface area (Å²) in [5, 5.41) is 19.7. The van der Waals surface area contributed by atoms with Gasteiger partial charge in [-0.15, -0.1) is 0 Å². The molecule has 0 saturated carbocycles. The topological polar surface area (TPSA) is 94.2 Å². The van der Waals surface area contributed by atoms with Gasteiger partial charge in [-0.3, -0.25) is 9.89 Å². The van der Waals surface area contributed by atoms with E-state index >= 15 is 0 Å². The maximum Gasteiger partial charge on any atom is 0.253 e. The molecule has 4 aromatic rings. The molecule has 1 aliphatic carbocycles. The summed E-state index contributed by atoms with van der Waals surface area (Å²) in [5.74, 6) is 0.742. The van der Waals surface area contributed by atoms with E-state index in [4.69, 9.17) is 4.74 Å². The molecule has 1 saturated heterocycles. The van der Waals surface area contributed by atoms with Crippen molar-refractivity contribution in [3.63, 3.8) is 0 Å². The first-order valence-electron chi connectivity index (χ1n) is 11.9. The van der Waals surface area contributed by atoms with E-state index in [1.54, 1.807) is 7.11 Å². The minimum absolute atomic E-state index is 0.0143. The van der Waals surface area contributed by atoms with E-state index in [9.17, 15) is 9.90 Å². The van der Waals surface area contributed by atoms with E-state index in [1.807, 2.05) is 53.6 Å². The predicted octanol–water partition coefficient (Wildman–Crippen LogP) is 4.18. The Bertz CT molecular complexity index is 1380. The number of fused-ring (bicyclic) bond motifs is 5. The van der Waals surface area contributed by atoms with Crippen LogP contribution in [0.3, 0.4) is 0 Å². The van der Waals surface area contributed by atoms with E-state index in [-0.39, 0.29) is 5.91 Å². The lowest BCUT2D eigenvalue weighted by Gasteiger charge is -2.38. The largest absolute Gasteiger partial charge is 0.497 e. The van der Waals surface area contributed by atoms with E-state index in [1.165, 1.54) is 11.1 Å². The van der Waals surface area contributed by atoms with Crippen LogP contribution in [-0.2, 0) is 18.4 Å². The van der Waals surface area contributed by atoms with Gasteiger partial charge in [-0.05, 0) is 79.1 Å². The number of carbonyl (C=O) groups excluding carboxylic acids is 1. The number of ether oxygens (including phenoxy) is 1. The molecule has 0 atom stereocenters. The maximum absolute atomic E-state index is 13.4. The fourth-order valence-corrected chi connectivity index (χ4v) is 5.49. The van der Waals surface area contributed by atoms with Gasteiger partial charge in [0.1, 0.15) is 5.75 Å². The minimum atomic E-state index is -0.949. The third-order valence-electron chi connectivity index (χ3n) is 7.48. The molecule has 0 radical (unpaired) electrons. The summed E-state index contributed by atoms with van der Waals surface area (Å²) in [6.07, 6.45) is 5.92. The summed E-state index contributed by atoms with van der Waals surface area (Å²) in [6.45, 7) is 1.01. The third-order valence-corrected chi connectivity index (χ3v) is 7.48. The van der Waals surface area contributed by atoms with Crippen molar-refractivity contribution in [1.29, 1.82) is 0 Å². The van der Waals surface area contributed by atoms with Gasteiger partial charge in [0.15, 0.2) is 0 Å². The van der Waals surface area contributed by atoms with Crippen LogP contribution < -0.4 is 4.74 Å². The van der Waals surface area contributed by atoms with Crippen molar-refractivity contribution in [2.75, 3.05) is 20.2 Å². The molecule has 3 N–H and O–H groups in total. The molecule has 34 heavy (non-hydrogen) atoms. The van der Waals surface area contributed by atoms with Gasteiger partial charge < -0.3 is 19.7 Å². The molecule has 2 aromatic heterocycles. The van der Waals surface area contributed by atoms with E-state index in [0.29, 0.717) is 31.5 Å². The van der Waals surface area contributed by atoms with Crippen molar-refractivity contribution in [3.8, 4) is 17.1 Å². The lowest BCUT2D eigenvalue weighted by molar-refractivity contribution is -0.0212. The van der Waals surface area contributed by atoms with Crippen LogP contribution in [0, 0.1) is 0 Å². The molecule has 174 valence electrons. The zero-order chi connectivity index (χ0) is 23.3. The normalized spacial score (nSPS) is 17.2. The second-order valence-electron chi connectivity index (χ2n) is 9.42. The summed E-state index contributed by atoms with van der Waals surface area (Å²) in [5.41, 5.74) is 6.25. The highest BCUT2D eigenvalue weighted by Crippen LogP contribution is 2.37. The Morgan fingerprint density at radius 1 is 1.12 bits per heavy atom. The lowest BCUT2D eigenvalue weighted by atomic mass is 9.84. The van der Waals surface area contributed by atoms with Gasteiger partial charge in [-0.1, -0.05) is 12.1 Å². The number of aliphatic hydroxyl groups is 1. The van der Waals surface area contributed by atoms with Crippen LogP contribution in [0.4, 0.5) is 0 Å². The molecule has 1 amide bonds. The van der Waals surface area contributed by atoms with Gasteiger partial charge in [0.25, 0.3) is 5.91 Å². The number of hydrogen-bond acceptors (Lipinski definition) is 4. The smallest absolute Gasteiger partial charge is 0.253 e. The van der Waals surface area contributed by atoms with Crippen LogP contribution in [0.2, 0.25) is 0 Å². The Morgan fingerprint density at radius 3 is 2.79 bits per heavy atom. The molecule has 0 unspecified atom stereocenters. The fraction of sp³-hybridized carbons (Fsp3) is 0.333. The zero-order valence-electron chi connectivity index (χ0n) is 19.2. The van der Waals surface area contributed by atoms with Crippen LogP contribution in [-0.4, -0.2) is 51.3 Å². The Kier molecular flexibility index (Phi) is 4.95. The number of aryl methyl sites for hydroxylation is 2. The second kappa shape index (κ2) is 8.02. The molecule has 2 aliphatic rings. The molecule has 3 heterocycles. The first kappa shape index (κ1) is 21.0. The van der Waals surface area contributed by atoms with E-state index in [2.05, 4.69) is 15.2 Å². The fourth-order valence-electron chi connectivity index (χ4n) is 5.49. The second-order valence-corrected chi connectivity index (χ2v) is 9.42. The van der Waals surface area contributed by atoms with Crippen LogP contribution in [0.1, 0.15) is 46.3 Å². The van der Waals surface area contributed by atoms with Crippen LogP contribution in [0.25, 0.3) is 22.3 Å². The summed E-state index contributed by atoms with van der Waals surface area (Å²) >= 11 is 0. The molecule has 1 aliphatic heterocycles. The van der Waals surface area contributed by atoms with Crippen LogP contribution in [0.5, 0.6) is 5.75 Å². The Morgan fingerprint density at radius 2 is 1.97 bits per heavy atom. The summed E-state index contributed by atoms with van der Waals surface area (Å²) in [4.78, 5) is 18.8. The molecular weight excluding hydrogens is 428 g/mol. The van der Waals surface area contributed by atoms with Crippen molar-refractivity contribution in [1.82, 2.24) is 20.1 Å². The number of piperidine rings is 1. The van der Waals surface area contributed by atoms with Gasteiger partial charge in [-0.2, -0.15) is 5.10 Å². The number of nitrogens with zero attached hydrogens (tertiary/aromatic N) is 2. The molecule has 6 rings (SSSR count). The molecule has 0 spiro atoms. The molecular formula is C27H28N4O3. The quantitative estimate of drug-likeness (QED) is 0.431. The van der Waals surface area contributed by atoms with Crippen LogP contribution in [0.15, 0.2) is 48.7 Å². The number of rotatable bonds is 3. The number of amides is 1. The molecule has 7 heteroatoms. The average molecular weight is 457 g/mol. The maximum atomic E-state index is 13.4. The van der Waals surface area contributed by atoms with Gasteiger partial charge in [-0.25, -0.2) is 0 Å². The molecule has 1 fully saturated rings. The number of aromatic nitrogens is 3. The average Bonchev–Trinajstić information content (AvgIpc) is 3.44. The highest BCUT2D eigenvalue weighted by Gasteiger charge is 2.36. The number of carbonyl (C=O) groups is 1. The van der Waals surface area contributed by atoms with E-state index in [0.717, 1.165) is 52.9 Å². The number of H-pyrrole nitrogens is 2. The van der Waals surface area contributed by atoms with Gasteiger partial charge >= 0.3 is 0 Å². The van der Waals surface area contributed by atoms with Crippen molar-refractivity contribution >= 4 is 16.8 Å². The lowest BCUT2D eigenvalue weighted by Crippen LogP contribution is -2.45. The van der Waals surface area contributed by atoms with E-state index < -0.39 is 5.60 Å². The third kappa shape index (κ3) is 3.39. The summed E-state index contributed by atoms with van der Waals surface area (Å²) < 4.78 is 5.31. The summed E-state index contributed by atoms with van der Waals surface area (Å²) in [6, 6.07) is 13.5. The monoisotopic (exact) mass is 456 g/mol. The van der Waals surface area contributed by atoms with Gasteiger partial charge in [0.2, 0.25) is 0 Å².